The zero-order valence-electron chi connectivity index (χ0n) is 14.3. The molecule has 0 radical (unpaired) electrons. The number of esters is 1. The fraction of sp³-hybridized carbons (Fsp3) is 0.222. The Balaban J connectivity index is 2.22. The van der Waals surface area contributed by atoms with Crippen molar-refractivity contribution in [1.29, 1.82) is 0 Å². The molecule has 0 unspecified atom stereocenters. The summed E-state index contributed by atoms with van der Waals surface area (Å²) in [6.45, 7) is 1.77. The molecule has 0 fully saturated rings. The van der Waals surface area contributed by atoms with E-state index in [1.54, 1.807) is 19.1 Å². The van der Waals surface area contributed by atoms with Gasteiger partial charge in [0.05, 0.1) is 11.5 Å². The number of hydrogen-bond donors (Lipinski definition) is 2. The van der Waals surface area contributed by atoms with E-state index < -0.39 is 28.5 Å². The van der Waals surface area contributed by atoms with Crippen LogP contribution in [0.15, 0.2) is 42.5 Å². The molecule has 142 valence electrons. The molecule has 27 heavy (non-hydrogen) atoms. The number of phenols is 1. The van der Waals surface area contributed by atoms with Gasteiger partial charge in [-0.05, 0) is 36.8 Å². The van der Waals surface area contributed by atoms with Gasteiger partial charge in [-0.2, -0.15) is 0 Å². The van der Waals surface area contributed by atoms with Crippen LogP contribution in [-0.4, -0.2) is 34.6 Å². The second-order valence-electron chi connectivity index (χ2n) is 5.57. The predicted octanol–water partition coefficient (Wildman–Crippen LogP) is 2.86. The second kappa shape index (κ2) is 9.00. The number of ether oxygens (including phenoxy) is 1. The van der Waals surface area contributed by atoms with Gasteiger partial charge >= 0.3 is 5.97 Å². The molecular weight excluding hydrogens is 376 g/mol. The van der Waals surface area contributed by atoms with Gasteiger partial charge in [0.2, 0.25) is 0 Å². The highest BCUT2D eigenvalue weighted by atomic mass is 35.5. The zero-order valence-corrected chi connectivity index (χ0v) is 15.1. The van der Waals surface area contributed by atoms with Crippen molar-refractivity contribution in [3.63, 3.8) is 0 Å². The highest BCUT2D eigenvalue weighted by Crippen LogP contribution is 2.25. The Morgan fingerprint density at radius 2 is 1.93 bits per heavy atom. The number of amides is 1. The maximum Gasteiger partial charge on any atom is 0.328 e. The van der Waals surface area contributed by atoms with Crippen molar-refractivity contribution in [2.24, 2.45) is 0 Å². The summed E-state index contributed by atoms with van der Waals surface area (Å²) in [7, 11) is 0. The van der Waals surface area contributed by atoms with E-state index in [1.807, 2.05) is 0 Å². The van der Waals surface area contributed by atoms with Gasteiger partial charge in [0.15, 0.2) is 0 Å². The molecule has 0 aliphatic rings. The molecule has 0 aliphatic carbocycles. The molecule has 1 amide bonds. The zero-order chi connectivity index (χ0) is 20.0. The van der Waals surface area contributed by atoms with Gasteiger partial charge in [0.1, 0.15) is 16.8 Å². The lowest BCUT2D eigenvalue weighted by atomic mass is 10.0. The van der Waals surface area contributed by atoms with E-state index in [-0.39, 0.29) is 29.4 Å². The second-order valence-corrected chi connectivity index (χ2v) is 5.98. The Morgan fingerprint density at radius 3 is 2.52 bits per heavy atom. The SMILES string of the molecule is CCOC(=O)[C@H](Cc1ccc(O)cc1)NC(=O)c1ccc(Cl)c([N+](=O)[O-])c1. The molecule has 0 aromatic heterocycles. The standard InChI is InChI=1S/C18H17ClN2O6/c1-2-27-18(24)15(9-11-3-6-13(22)7-4-11)20-17(23)12-5-8-14(19)16(10-12)21(25)26/h3-8,10,15,22H,2,9H2,1H3,(H,20,23)/t15-/m0/s1. The Labute approximate surface area is 159 Å². The van der Waals surface area contributed by atoms with Crippen LogP contribution in [0.2, 0.25) is 5.02 Å². The summed E-state index contributed by atoms with van der Waals surface area (Å²) < 4.78 is 4.99. The molecule has 8 nitrogen and oxygen atoms in total. The number of nitro benzene ring substituents is 1. The van der Waals surface area contributed by atoms with Gasteiger partial charge in [0.25, 0.3) is 11.6 Å². The normalized spacial score (nSPS) is 11.5. The Bertz CT molecular complexity index is 853. The number of nitrogens with zero attached hydrogens (tertiary/aromatic N) is 1. The fourth-order valence-corrected chi connectivity index (χ4v) is 2.53. The molecule has 0 bridgehead atoms. The van der Waals surface area contributed by atoms with E-state index in [0.717, 1.165) is 6.07 Å². The van der Waals surface area contributed by atoms with Crippen LogP contribution in [0.4, 0.5) is 5.69 Å². The highest BCUT2D eigenvalue weighted by Gasteiger charge is 2.24. The smallest absolute Gasteiger partial charge is 0.328 e. The van der Waals surface area contributed by atoms with E-state index in [1.165, 1.54) is 24.3 Å². The minimum atomic E-state index is -1.00. The average Bonchev–Trinajstić information content (AvgIpc) is 2.63. The van der Waals surface area contributed by atoms with Gasteiger partial charge < -0.3 is 15.2 Å². The van der Waals surface area contributed by atoms with Crippen molar-refractivity contribution in [2.45, 2.75) is 19.4 Å². The number of carbonyl (C=O) groups is 2. The summed E-state index contributed by atoms with van der Waals surface area (Å²) in [6.07, 6.45) is 0.126. The fourth-order valence-electron chi connectivity index (χ4n) is 2.34. The van der Waals surface area contributed by atoms with Gasteiger partial charge in [-0.1, -0.05) is 23.7 Å². The number of phenolic OH excluding ortho intramolecular Hbond substituents is 1. The molecule has 2 aromatic carbocycles. The van der Waals surface area contributed by atoms with Crippen LogP contribution in [0.5, 0.6) is 5.75 Å². The van der Waals surface area contributed by atoms with Crippen molar-refractivity contribution in [3.8, 4) is 5.75 Å². The summed E-state index contributed by atoms with van der Waals surface area (Å²) in [5.41, 5.74) is 0.273. The minimum absolute atomic E-state index is 0.00824. The Morgan fingerprint density at radius 1 is 1.26 bits per heavy atom. The first kappa shape index (κ1) is 20.2. The molecule has 1 atom stereocenters. The lowest BCUT2D eigenvalue weighted by Crippen LogP contribution is -2.43. The predicted molar refractivity (Wildman–Crippen MR) is 97.8 cm³/mol. The number of nitro groups is 1. The van der Waals surface area contributed by atoms with E-state index in [4.69, 9.17) is 16.3 Å². The van der Waals surface area contributed by atoms with Crippen molar-refractivity contribution in [1.82, 2.24) is 5.32 Å². The number of rotatable bonds is 7. The van der Waals surface area contributed by atoms with Crippen LogP contribution in [0.25, 0.3) is 0 Å². The summed E-state index contributed by atoms with van der Waals surface area (Å²) in [4.78, 5) is 34.9. The number of nitrogens with one attached hydrogen (secondary N) is 1. The summed E-state index contributed by atoms with van der Waals surface area (Å²) >= 11 is 5.75. The number of aromatic hydroxyl groups is 1. The first-order valence-corrected chi connectivity index (χ1v) is 8.39. The molecule has 9 heteroatoms. The Kier molecular flexibility index (Phi) is 6.73. The van der Waals surface area contributed by atoms with E-state index in [0.29, 0.717) is 5.56 Å². The third-order valence-corrected chi connectivity index (χ3v) is 3.98. The maximum absolute atomic E-state index is 12.5. The quantitative estimate of drug-likeness (QED) is 0.425. The molecule has 2 aromatic rings. The highest BCUT2D eigenvalue weighted by molar-refractivity contribution is 6.32. The van der Waals surface area contributed by atoms with Gasteiger partial charge in [-0.25, -0.2) is 4.79 Å². The van der Waals surface area contributed by atoms with Crippen LogP contribution >= 0.6 is 11.6 Å². The lowest BCUT2D eigenvalue weighted by Gasteiger charge is -2.17. The first-order chi connectivity index (χ1) is 12.8. The number of hydrogen-bond acceptors (Lipinski definition) is 6. The molecular formula is C18H17ClN2O6. The van der Waals surface area contributed by atoms with Crippen LogP contribution < -0.4 is 5.32 Å². The average molecular weight is 393 g/mol. The number of carbonyl (C=O) groups excluding carboxylic acids is 2. The lowest BCUT2D eigenvalue weighted by molar-refractivity contribution is -0.384. The summed E-state index contributed by atoms with van der Waals surface area (Å²) in [6, 6.07) is 8.75. The van der Waals surface area contributed by atoms with E-state index in [9.17, 15) is 24.8 Å². The van der Waals surface area contributed by atoms with Gasteiger partial charge in [-0.15, -0.1) is 0 Å². The van der Waals surface area contributed by atoms with Crippen LogP contribution in [-0.2, 0) is 16.0 Å². The third kappa shape index (κ3) is 5.42. The number of halogens is 1. The van der Waals surface area contributed by atoms with Crippen LogP contribution in [0.3, 0.4) is 0 Å². The van der Waals surface area contributed by atoms with Crippen LogP contribution in [0, 0.1) is 10.1 Å². The van der Waals surface area contributed by atoms with Crippen molar-refractivity contribution >= 4 is 29.2 Å². The largest absolute Gasteiger partial charge is 0.508 e. The van der Waals surface area contributed by atoms with E-state index in [2.05, 4.69) is 5.32 Å². The first-order valence-electron chi connectivity index (χ1n) is 8.01. The van der Waals surface area contributed by atoms with Crippen molar-refractivity contribution < 1.29 is 24.4 Å². The van der Waals surface area contributed by atoms with E-state index >= 15 is 0 Å². The van der Waals surface area contributed by atoms with Crippen molar-refractivity contribution in [3.05, 3.63) is 68.7 Å². The van der Waals surface area contributed by atoms with Gasteiger partial charge in [-0.3, -0.25) is 14.9 Å². The maximum atomic E-state index is 12.5. The molecule has 0 heterocycles. The Hall–Kier alpha value is -3.13. The van der Waals surface area contributed by atoms with Crippen LogP contribution in [0.1, 0.15) is 22.8 Å². The number of benzene rings is 2. The topological polar surface area (TPSA) is 119 Å². The molecule has 0 saturated heterocycles. The molecule has 2 N–H and O–H groups in total. The molecule has 0 saturated carbocycles. The minimum Gasteiger partial charge on any atom is -0.508 e. The molecule has 2 rings (SSSR count). The summed E-state index contributed by atoms with van der Waals surface area (Å²) in [5, 5.41) is 22.8. The third-order valence-electron chi connectivity index (χ3n) is 3.66. The molecule has 0 spiro atoms. The monoisotopic (exact) mass is 392 g/mol. The molecule has 0 aliphatic heterocycles. The van der Waals surface area contributed by atoms with Crippen molar-refractivity contribution in [2.75, 3.05) is 6.61 Å². The van der Waals surface area contributed by atoms with Gasteiger partial charge in [0, 0.05) is 18.1 Å². The summed E-state index contributed by atoms with van der Waals surface area (Å²) in [5.74, 6) is -1.24.